The Hall–Kier alpha value is -3.23. The number of benzene rings is 1. The van der Waals surface area contributed by atoms with Crippen LogP contribution in [0.5, 0.6) is 0 Å². The van der Waals surface area contributed by atoms with Gasteiger partial charge in [0.2, 0.25) is 0 Å². The van der Waals surface area contributed by atoms with Gasteiger partial charge in [-0.3, -0.25) is 14.8 Å². The van der Waals surface area contributed by atoms with Crippen LogP contribution in [0.1, 0.15) is 24.2 Å². The molecule has 23 heavy (non-hydrogen) atoms. The molecule has 0 aliphatic rings. The van der Waals surface area contributed by atoms with Crippen LogP contribution in [0.4, 0.5) is 5.69 Å². The van der Waals surface area contributed by atoms with Gasteiger partial charge in [-0.05, 0) is 13.8 Å². The van der Waals surface area contributed by atoms with Crippen molar-refractivity contribution in [2.45, 2.75) is 19.9 Å². The van der Waals surface area contributed by atoms with Crippen LogP contribution < -0.4 is 5.73 Å². The van der Waals surface area contributed by atoms with E-state index in [4.69, 9.17) is 10.6 Å². The van der Waals surface area contributed by atoms with E-state index in [1.807, 2.05) is 6.07 Å². The normalized spacial score (nSPS) is 12.7. The fourth-order valence-electron chi connectivity index (χ4n) is 1.79. The minimum Gasteiger partial charge on any atom is -0.380 e. The molecule has 1 aromatic heterocycles. The molecule has 0 spiro atoms. The Morgan fingerprint density at radius 1 is 1.43 bits per heavy atom. The van der Waals surface area contributed by atoms with Crippen molar-refractivity contribution in [3.63, 3.8) is 0 Å². The molecule has 1 unspecified atom stereocenters. The predicted octanol–water partition coefficient (Wildman–Crippen LogP) is 1.52. The van der Waals surface area contributed by atoms with E-state index in [0.29, 0.717) is 5.56 Å². The highest BCUT2D eigenvalue weighted by molar-refractivity contribution is 5.97. The molecule has 2 aromatic rings. The van der Waals surface area contributed by atoms with Gasteiger partial charge in [0.25, 0.3) is 0 Å². The third-order valence-corrected chi connectivity index (χ3v) is 3.13. The minimum atomic E-state index is -0.880. The summed E-state index contributed by atoms with van der Waals surface area (Å²) >= 11 is 0. The molecule has 9 heteroatoms. The molecule has 9 nitrogen and oxygen atoms in total. The number of amidine groups is 1. The molecule has 0 amide bonds. The Morgan fingerprint density at radius 3 is 2.65 bits per heavy atom. The summed E-state index contributed by atoms with van der Waals surface area (Å²) in [5.74, 6) is -0.685. The first kappa shape index (κ1) is 16.1. The van der Waals surface area contributed by atoms with Crippen LogP contribution in [-0.4, -0.2) is 26.5 Å². The second kappa shape index (κ2) is 6.69. The van der Waals surface area contributed by atoms with Gasteiger partial charge in [0, 0.05) is 5.56 Å². The van der Waals surface area contributed by atoms with Crippen molar-refractivity contribution in [2.24, 2.45) is 10.9 Å². The van der Waals surface area contributed by atoms with Crippen LogP contribution in [0.2, 0.25) is 0 Å². The summed E-state index contributed by atoms with van der Waals surface area (Å²) < 4.78 is 1.16. The highest BCUT2D eigenvalue weighted by Crippen LogP contribution is 2.18. The fourth-order valence-corrected chi connectivity index (χ4v) is 1.79. The van der Waals surface area contributed by atoms with Gasteiger partial charge >= 0.3 is 11.7 Å². The number of oxime groups is 1. The maximum atomic E-state index is 12.0. The summed E-state index contributed by atoms with van der Waals surface area (Å²) in [6, 6.07) is 7.92. The number of nitro groups is 1. The number of nitrogens with zero attached hydrogens (tertiary/aromatic N) is 4. The molecule has 0 aliphatic heterocycles. The van der Waals surface area contributed by atoms with Gasteiger partial charge in [0.05, 0.1) is 4.92 Å². The van der Waals surface area contributed by atoms with E-state index in [9.17, 15) is 14.9 Å². The number of aryl methyl sites for hydroxylation is 1. The first-order valence-corrected chi connectivity index (χ1v) is 6.70. The smallest absolute Gasteiger partial charge is 0.359 e. The number of carbonyl (C=O) groups excluding carboxylic acids is 1. The molecule has 0 bridgehead atoms. The van der Waals surface area contributed by atoms with Crippen molar-refractivity contribution in [1.82, 2.24) is 9.78 Å². The zero-order valence-corrected chi connectivity index (χ0v) is 12.5. The molecule has 0 aliphatic carbocycles. The number of rotatable bonds is 5. The van der Waals surface area contributed by atoms with E-state index >= 15 is 0 Å². The van der Waals surface area contributed by atoms with Gasteiger partial charge in [-0.1, -0.05) is 35.5 Å². The lowest BCUT2D eigenvalue weighted by Crippen LogP contribution is -2.20. The highest BCUT2D eigenvalue weighted by atomic mass is 16.7. The Balaban J connectivity index is 2.08. The predicted molar refractivity (Wildman–Crippen MR) is 81.6 cm³/mol. The van der Waals surface area contributed by atoms with E-state index < -0.39 is 16.9 Å². The van der Waals surface area contributed by atoms with Crippen molar-refractivity contribution < 1.29 is 14.6 Å². The summed E-state index contributed by atoms with van der Waals surface area (Å²) in [4.78, 5) is 27.0. The summed E-state index contributed by atoms with van der Waals surface area (Å²) in [7, 11) is 0. The molecule has 2 rings (SSSR count). The van der Waals surface area contributed by atoms with E-state index in [0.717, 1.165) is 4.68 Å². The highest BCUT2D eigenvalue weighted by Gasteiger charge is 2.23. The van der Waals surface area contributed by atoms with E-state index in [2.05, 4.69) is 10.3 Å². The number of nitrogens with two attached hydrogens (primary N) is 1. The lowest BCUT2D eigenvalue weighted by Gasteiger charge is -2.08. The van der Waals surface area contributed by atoms with Crippen molar-refractivity contribution >= 4 is 17.5 Å². The molecule has 0 fully saturated rings. The maximum Gasteiger partial charge on any atom is 0.359 e. The summed E-state index contributed by atoms with van der Waals surface area (Å²) in [5, 5.41) is 18.3. The third kappa shape index (κ3) is 3.70. The minimum absolute atomic E-state index is 0.0498. The maximum absolute atomic E-state index is 12.0. The van der Waals surface area contributed by atoms with Gasteiger partial charge in [-0.25, -0.2) is 4.79 Å². The van der Waals surface area contributed by atoms with Crippen molar-refractivity contribution in [3.8, 4) is 0 Å². The summed E-state index contributed by atoms with van der Waals surface area (Å²) in [6.45, 7) is 2.98. The summed E-state index contributed by atoms with van der Waals surface area (Å²) in [6.07, 6.45) is 1.17. The van der Waals surface area contributed by atoms with E-state index in [1.54, 1.807) is 24.3 Å². The SMILES string of the molecule is Cc1nn(C(C)C(=O)O/N=C(\N)c2ccccc2)cc1[N+](=O)[O-]. The first-order chi connectivity index (χ1) is 10.9. The van der Waals surface area contributed by atoms with E-state index in [-0.39, 0.29) is 17.2 Å². The van der Waals surface area contributed by atoms with Crippen LogP contribution in [0, 0.1) is 17.0 Å². The Morgan fingerprint density at radius 2 is 2.09 bits per heavy atom. The molecule has 0 saturated heterocycles. The van der Waals surface area contributed by atoms with Gasteiger partial charge in [0.15, 0.2) is 5.84 Å². The van der Waals surface area contributed by atoms with Crippen molar-refractivity contribution in [3.05, 3.63) is 57.9 Å². The molecular formula is C14H15N5O4. The molecule has 1 heterocycles. The zero-order valence-electron chi connectivity index (χ0n) is 12.5. The lowest BCUT2D eigenvalue weighted by molar-refractivity contribution is -0.385. The van der Waals surface area contributed by atoms with Crippen LogP contribution in [0.25, 0.3) is 0 Å². The standard InChI is InChI=1S/C14H15N5O4/c1-9-12(19(21)22)8-18(16-9)10(2)14(20)23-17-13(15)11-6-4-3-5-7-11/h3-8,10H,1-2H3,(H2,15,17). The number of hydrogen-bond donors (Lipinski definition) is 1. The summed E-state index contributed by atoms with van der Waals surface area (Å²) in [5.41, 5.74) is 6.36. The van der Waals surface area contributed by atoms with Crippen LogP contribution in [0.15, 0.2) is 41.7 Å². The number of hydrogen-bond acceptors (Lipinski definition) is 6. The molecule has 0 saturated carbocycles. The number of aromatic nitrogens is 2. The molecule has 1 atom stereocenters. The second-order valence-corrected chi connectivity index (χ2v) is 4.77. The zero-order chi connectivity index (χ0) is 17.0. The molecule has 0 radical (unpaired) electrons. The van der Waals surface area contributed by atoms with Crippen LogP contribution in [-0.2, 0) is 9.63 Å². The monoisotopic (exact) mass is 317 g/mol. The average molecular weight is 317 g/mol. The Kier molecular flexibility index (Phi) is 4.69. The topological polar surface area (TPSA) is 126 Å². The molecular weight excluding hydrogens is 302 g/mol. The second-order valence-electron chi connectivity index (χ2n) is 4.77. The molecule has 1 aromatic carbocycles. The van der Waals surface area contributed by atoms with Gasteiger partial charge in [-0.2, -0.15) is 5.10 Å². The number of carbonyl (C=O) groups is 1. The molecule has 2 N–H and O–H groups in total. The van der Waals surface area contributed by atoms with Crippen molar-refractivity contribution in [1.29, 1.82) is 0 Å². The van der Waals surface area contributed by atoms with Crippen LogP contribution >= 0.6 is 0 Å². The van der Waals surface area contributed by atoms with Gasteiger partial charge < -0.3 is 10.6 Å². The molecule has 120 valence electrons. The first-order valence-electron chi connectivity index (χ1n) is 6.70. The van der Waals surface area contributed by atoms with E-state index in [1.165, 1.54) is 20.0 Å². The van der Waals surface area contributed by atoms with Crippen molar-refractivity contribution in [2.75, 3.05) is 0 Å². The quantitative estimate of drug-likeness (QED) is 0.293. The fraction of sp³-hybridized carbons (Fsp3) is 0.214. The largest absolute Gasteiger partial charge is 0.380 e. The van der Waals surface area contributed by atoms with Gasteiger partial charge in [0.1, 0.15) is 17.9 Å². The third-order valence-electron chi connectivity index (χ3n) is 3.13. The Bertz CT molecular complexity index is 754. The average Bonchev–Trinajstić information content (AvgIpc) is 2.94. The lowest BCUT2D eigenvalue weighted by atomic mass is 10.2. The van der Waals surface area contributed by atoms with Gasteiger partial charge in [-0.15, -0.1) is 0 Å². The Labute approximate surface area is 131 Å². The van der Waals surface area contributed by atoms with Crippen LogP contribution in [0.3, 0.4) is 0 Å².